The molecule has 4 rings (SSSR count). The van der Waals surface area contributed by atoms with Gasteiger partial charge >= 0.3 is 0 Å². The van der Waals surface area contributed by atoms with Crippen LogP contribution in [0.5, 0.6) is 5.75 Å². The number of piperidine rings is 1. The smallest absolute Gasteiger partial charge is 0.246 e. The van der Waals surface area contributed by atoms with Gasteiger partial charge in [0.15, 0.2) is 5.78 Å². The van der Waals surface area contributed by atoms with E-state index in [2.05, 4.69) is 10.2 Å². The summed E-state index contributed by atoms with van der Waals surface area (Å²) < 4.78 is 5.32. The molecule has 28 heavy (non-hydrogen) atoms. The summed E-state index contributed by atoms with van der Waals surface area (Å²) in [4.78, 5) is 28.9. The molecule has 0 N–H and O–H groups in total. The molecule has 1 fully saturated rings. The summed E-state index contributed by atoms with van der Waals surface area (Å²) in [5, 5.41) is 8.69. The molecular weight excluding hydrogens is 356 g/mol. The lowest BCUT2D eigenvalue weighted by molar-refractivity contribution is -0.133. The highest BCUT2D eigenvalue weighted by Gasteiger charge is 2.30. The van der Waals surface area contributed by atoms with Gasteiger partial charge < -0.3 is 9.64 Å². The van der Waals surface area contributed by atoms with Gasteiger partial charge in [0.2, 0.25) is 5.91 Å². The summed E-state index contributed by atoms with van der Waals surface area (Å²) in [5.74, 6) is 0.303. The molecule has 1 atom stereocenters. The van der Waals surface area contributed by atoms with E-state index in [4.69, 9.17) is 4.74 Å². The second kappa shape index (κ2) is 7.80. The van der Waals surface area contributed by atoms with Gasteiger partial charge in [-0.2, -0.15) is 15.0 Å². The number of hydrogen-bond acceptors (Lipinski definition) is 5. The molecule has 0 unspecified atom stereocenters. The van der Waals surface area contributed by atoms with Gasteiger partial charge in [-0.3, -0.25) is 9.59 Å². The van der Waals surface area contributed by atoms with Gasteiger partial charge in [0.1, 0.15) is 23.3 Å². The van der Waals surface area contributed by atoms with E-state index in [9.17, 15) is 9.59 Å². The van der Waals surface area contributed by atoms with Crippen LogP contribution in [0.3, 0.4) is 0 Å². The van der Waals surface area contributed by atoms with Crippen LogP contribution in [0.2, 0.25) is 0 Å². The van der Waals surface area contributed by atoms with Crippen LogP contribution >= 0.6 is 0 Å². The number of amides is 1. The first-order valence-corrected chi connectivity index (χ1v) is 9.40. The topological polar surface area (TPSA) is 77.3 Å². The number of fused-ring (bicyclic) bond motifs is 1. The molecule has 3 aromatic rings. The number of hydrogen-bond donors (Lipinski definition) is 0. The first kappa shape index (κ1) is 18.2. The van der Waals surface area contributed by atoms with E-state index in [1.54, 1.807) is 24.1 Å². The first-order chi connectivity index (χ1) is 13.7. The largest absolute Gasteiger partial charge is 0.496 e. The highest BCUT2D eigenvalue weighted by atomic mass is 16.5. The van der Waals surface area contributed by atoms with E-state index < -0.39 is 0 Å². The molecule has 1 aromatic heterocycles. The molecule has 2 heterocycles. The summed E-state index contributed by atoms with van der Waals surface area (Å²) in [6.45, 7) is 1.13. The monoisotopic (exact) mass is 378 g/mol. The standard InChI is InChI=1S/C21H22N4O3/c1-28-19-11-5-2-8-16(19)21(27)15-7-6-12-24(13-15)20(26)14-25-22-17-9-3-4-10-18(17)23-25/h2-5,8-11,15H,6-7,12-14H2,1H3/t15-/m1/s1. The Kier molecular flexibility index (Phi) is 5.06. The molecule has 7 nitrogen and oxygen atoms in total. The van der Waals surface area contributed by atoms with E-state index in [0.717, 1.165) is 23.9 Å². The fourth-order valence-corrected chi connectivity index (χ4v) is 3.68. The third-order valence-corrected chi connectivity index (χ3v) is 5.12. The van der Waals surface area contributed by atoms with Crippen LogP contribution in [0.15, 0.2) is 48.5 Å². The number of para-hydroxylation sites is 1. The third-order valence-electron chi connectivity index (χ3n) is 5.12. The zero-order valence-corrected chi connectivity index (χ0v) is 15.7. The van der Waals surface area contributed by atoms with E-state index >= 15 is 0 Å². The second-order valence-corrected chi connectivity index (χ2v) is 6.96. The van der Waals surface area contributed by atoms with Gasteiger partial charge in [-0.05, 0) is 37.1 Å². The number of carbonyl (C=O) groups is 2. The number of Topliss-reactive ketones (excluding diaryl/α,β-unsaturated/α-hetero) is 1. The molecule has 1 aliphatic heterocycles. The van der Waals surface area contributed by atoms with E-state index in [1.165, 1.54) is 4.80 Å². The molecule has 0 radical (unpaired) electrons. The van der Waals surface area contributed by atoms with Crippen LogP contribution in [-0.2, 0) is 11.3 Å². The lowest BCUT2D eigenvalue weighted by atomic mass is 9.89. The number of ether oxygens (including phenoxy) is 1. The van der Waals surface area contributed by atoms with E-state index in [0.29, 0.717) is 24.4 Å². The maximum Gasteiger partial charge on any atom is 0.246 e. The zero-order valence-electron chi connectivity index (χ0n) is 15.7. The Labute approximate surface area is 162 Å². The molecule has 2 aromatic carbocycles. The summed E-state index contributed by atoms with van der Waals surface area (Å²) >= 11 is 0. The summed E-state index contributed by atoms with van der Waals surface area (Å²) in [7, 11) is 1.56. The number of rotatable bonds is 5. The zero-order chi connectivity index (χ0) is 19.5. The normalized spacial score (nSPS) is 16.9. The SMILES string of the molecule is COc1ccccc1C(=O)[C@@H]1CCCN(C(=O)Cn2nc3ccccc3n2)C1. The second-order valence-electron chi connectivity index (χ2n) is 6.96. The van der Waals surface area contributed by atoms with Crippen LogP contribution < -0.4 is 4.74 Å². The molecule has 0 spiro atoms. The van der Waals surface area contributed by atoms with Gasteiger partial charge in [0.05, 0.1) is 12.7 Å². The van der Waals surface area contributed by atoms with Crippen molar-refractivity contribution < 1.29 is 14.3 Å². The first-order valence-electron chi connectivity index (χ1n) is 9.40. The number of benzene rings is 2. The van der Waals surface area contributed by atoms with Crippen molar-refractivity contribution in [3.8, 4) is 5.75 Å². The Balaban J connectivity index is 1.45. The fraction of sp³-hybridized carbons (Fsp3) is 0.333. The van der Waals surface area contributed by atoms with Gasteiger partial charge in [-0.15, -0.1) is 0 Å². The Hall–Kier alpha value is -3.22. The van der Waals surface area contributed by atoms with Crippen molar-refractivity contribution in [2.75, 3.05) is 20.2 Å². The fourth-order valence-electron chi connectivity index (χ4n) is 3.68. The Morgan fingerprint density at radius 1 is 1.07 bits per heavy atom. The van der Waals surface area contributed by atoms with Gasteiger partial charge in [-0.1, -0.05) is 24.3 Å². The van der Waals surface area contributed by atoms with Crippen molar-refractivity contribution in [1.82, 2.24) is 19.9 Å². The summed E-state index contributed by atoms with van der Waals surface area (Å²) in [5.41, 5.74) is 2.10. The molecule has 1 aliphatic rings. The maximum atomic E-state index is 13.0. The van der Waals surface area contributed by atoms with Crippen molar-refractivity contribution in [3.05, 3.63) is 54.1 Å². The van der Waals surface area contributed by atoms with Crippen molar-refractivity contribution in [3.63, 3.8) is 0 Å². The Morgan fingerprint density at radius 2 is 1.75 bits per heavy atom. The predicted octanol–water partition coefficient (Wildman–Crippen LogP) is 2.56. The van der Waals surface area contributed by atoms with Crippen LogP contribution in [-0.4, -0.2) is 51.8 Å². The highest BCUT2D eigenvalue weighted by molar-refractivity contribution is 6.00. The number of ketones is 1. The minimum Gasteiger partial charge on any atom is -0.496 e. The molecule has 0 aliphatic carbocycles. The Bertz CT molecular complexity index is 981. The van der Waals surface area contributed by atoms with Gasteiger partial charge in [0.25, 0.3) is 0 Å². The minimum atomic E-state index is -0.223. The lowest BCUT2D eigenvalue weighted by Gasteiger charge is -2.32. The van der Waals surface area contributed by atoms with Crippen molar-refractivity contribution in [1.29, 1.82) is 0 Å². The van der Waals surface area contributed by atoms with Crippen molar-refractivity contribution >= 4 is 22.7 Å². The molecule has 144 valence electrons. The molecule has 0 bridgehead atoms. The number of methoxy groups -OCH3 is 1. The summed E-state index contributed by atoms with van der Waals surface area (Å²) in [6, 6.07) is 14.7. The molecule has 7 heteroatoms. The highest BCUT2D eigenvalue weighted by Crippen LogP contribution is 2.26. The van der Waals surface area contributed by atoms with Crippen LogP contribution in [0.25, 0.3) is 11.0 Å². The third kappa shape index (κ3) is 3.60. The van der Waals surface area contributed by atoms with E-state index in [-0.39, 0.29) is 24.2 Å². The molecule has 1 amide bonds. The predicted molar refractivity (Wildman–Crippen MR) is 104 cm³/mol. The average molecular weight is 378 g/mol. The number of aromatic nitrogens is 3. The van der Waals surface area contributed by atoms with Crippen LogP contribution in [0.1, 0.15) is 23.2 Å². The summed E-state index contributed by atoms with van der Waals surface area (Å²) in [6.07, 6.45) is 1.57. The Morgan fingerprint density at radius 3 is 2.46 bits per heavy atom. The van der Waals surface area contributed by atoms with Crippen LogP contribution in [0, 0.1) is 5.92 Å². The van der Waals surface area contributed by atoms with E-state index in [1.807, 2.05) is 36.4 Å². The van der Waals surface area contributed by atoms with Crippen molar-refractivity contribution in [2.45, 2.75) is 19.4 Å². The number of carbonyl (C=O) groups excluding carboxylic acids is 2. The van der Waals surface area contributed by atoms with Crippen molar-refractivity contribution in [2.24, 2.45) is 5.92 Å². The molecule has 0 saturated carbocycles. The average Bonchev–Trinajstić information content (AvgIpc) is 3.15. The quantitative estimate of drug-likeness (QED) is 0.638. The lowest BCUT2D eigenvalue weighted by Crippen LogP contribution is -2.44. The number of likely N-dealkylation sites (tertiary alicyclic amines) is 1. The maximum absolute atomic E-state index is 13.0. The number of nitrogens with zero attached hydrogens (tertiary/aromatic N) is 4. The molecule has 1 saturated heterocycles. The van der Waals surface area contributed by atoms with Gasteiger partial charge in [-0.25, -0.2) is 0 Å². The van der Waals surface area contributed by atoms with Gasteiger partial charge in [0, 0.05) is 19.0 Å². The minimum absolute atomic E-state index is 0.0258. The molecular formula is C21H22N4O3. The van der Waals surface area contributed by atoms with Crippen LogP contribution in [0.4, 0.5) is 0 Å².